The number of aryl methyl sites for hydroxylation is 1. The molecule has 0 saturated heterocycles. The van der Waals surface area contributed by atoms with Gasteiger partial charge in [0.15, 0.2) is 23.0 Å². The lowest BCUT2D eigenvalue weighted by Crippen LogP contribution is -1.88. The average molecular weight is 255 g/mol. The Labute approximate surface area is 110 Å². The standard InChI is InChI=1S/C15H13NO3/c1-9(17)14-6-4-12(19-14)7-11-3-5-13-15(8-11)18-10(2)16-13/h3-6,8H,7H2,1-2H3. The fourth-order valence-corrected chi connectivity index (χ4v) is 2.06. The van der Waals surface area contributed by atoms with Crippen LogP contribution in [0.4, 0.5) is 0 Å². The second kappa shape index (κ2) is 4.39. The molecule has 2 aromatic heterocycles. The van der Waals surface area contributed by atoms with Crippen LogP contribution in [0.25, 0.3) is 11.1 Å². The molecule has 96 valence electrons. The van der Waals surface area contributed by atoms with E-state index in [0.717, 1.165) is 22.4 Å². The van der Waals surface area contributed by atoms with Crippen molar-refractivity contribution in [1.29, 1.82) is 0 Å². The van der Waals surface area contributed by atoms with Crippen LogP contribution in [0.5, 0.6) is 0 Å². The minimum absolute atomic E-state index is 0.0624. The summed E-state index contributed by atoms with van der Waals surface area (Å²) in [5, 5.41) is 0. The lowest BCUT2D eigenvalue weighted by atomic mass is 10.1. The van der Waals surface area contributed by atoms with Crippen LogP contribution < -0.4 is 0 Å². The Morgan fingerprint density at radius 2 is 2.05 bits per heavy atom. The Morgan fingerprint density at radius 1 is 1.21 bits per heavy atom. The summed E-state index contributed by atoms with van der Waals surface area (Å²) in [6.07, 6.45) is 0.628. The molecule has 0 unspecified atom stereocenters. The van der Waals surface area contributed by atoms with Crippen molar-refractivity contribution in [3.8, 4) is 0 Å². The van der Waals surface area contributed by atoms with Crippen molar-refractivity contribution in [3.05, 3.63) is 53.3 Å². The first kappa shape index (κ1) is 11.7. The van der Waals surface area contributed by atoms with Crippen LogP contribution in [0.2, 0.25) is 0 Å². The highest BCUT2D eigenvalue weighted by Gasteiger charge is 2.08. The molecule has 0 radical (unpaired) electrons. The molecule has 0 saturated carbocycles. The third kappa shape index (κ3) is 2.29. The number of carbonyl (C=O) groups is 1. The third-order valence-corrected chi connectivity index (χ3v) is 2.95. The molecule has 0 aliphatic rings. The Bertz CT molecular complexity index is 752. The van der Waals surface area contributed by atoms with Crippen LogP contribution in [-0.2, 0) is 6.42 Å². The number of nitrogens with zero attached hydrogens (tertiary/aromatic N) is 1. The van der Waals surface area contributed by atoms with E-state index < -0.39 is 0 Å². The van der Waals surface area contributed by atoms with Crippen molar-refractivity contribution < 1.29 is 13.6 Å². The fraction of sp³-hybridized carbons (Fsp3) is 0.200. The molecule has 0 N–H and O–H groups in total. The van der Waals surface area contributed by atoms with Crippen molar-refractivity contribution in [2.75, 3.05) is 0 Å². The number of ketones is 1. The minimum Gasteiger partial charge on any atom is -0.458 e. The van der Waals surface area contributed by atoms with Crippen LogP contribution in [0, 0.1) is 6.92 Å². The monoisotopic (exact) mass is 255 g/mol. The summed E-state index contributed by atoms with van der Waals surface area (Å²) in [6, 6.07) is 9.39. The van der Waals surface area contributed by atoms with Crippen molar-refractivity contribution in [2.45, 2.75) is 20.3 Å². The van der Waals surface area contributed by atoms with Crippen LogP contribution >= 0.6 is 0 Å². The van der Waals surface area contributed by atoms with Crippen molar-refractivity contribution in [2.24, 2.45) is 0 Å². The average Bonchev–Trinajstić information content (AvgIpc) is 2.94. The predicted octanol–water partition coefficient (Wildman–Crippen LogP) is 3.52. The molecule has 0 amide bonds. The van der Waals surface area contributed by atoms with Gasteiger partial charge in [-0.2, -0.15) is 0 Å². The van der Waals surface area contributed by atoms with Gasteiger partial charge in [0.2, 0.25) is 0 Å². The lowest BCUT2D eigenvalue weighted by Gasteiger charge is -1.97. The molecule has 0 atom stereocenters. The minimum atomic E-state index is -0.0624. The normalized spacial score (nSPS) is 11.1. The molecule has 0 aliphatic carbocycles. The summed E-state index contributed by atoms with van der Waals surface area (Å²) < 4.78 is 11.0. The fourth-order valence-electron chi connectivity index (χ4n) is 2.06. The molecule has 3 aromatic rings. The second-order valence-corrected chi connectivity index (χ2v) is 4.53. The molecule has 4 heteroatoms. The molecule has 0 bridgehead atoms. The van der Waals surface area contributed by atoms with Crippen molar-refractivity contribution in [3.63, 3.8) is 0 Å². The summed E-state index contributed by atoms with van der Waals surface area (Å²) >= 11 is 0. The summed E-state index contributed by atoms with van der Waals surface area (Å²) in [4.78, 5) is 15.4. The van der Waals surface area contributed by atoms with Crippen LogP contribution in [0.1, 0.15) is 34.7 Å². The van der Waals surface area contributed by atoms with E-state index in [-0.39, 0.29) is 5.78 Å². The molecule has 1 aromatic carbocycles. The van der Waals surface area contributed by atoms with Gasteiger partial charge in [-0.3, -0.25) is 4.79 Å². The van der Waals surface area contributed by atoms with E-state index >= 15 is 0 Å². The van der Waals surface area contributed by atoms with Gasteiger partial charge in [0.25, 0.3) is 0 Å². The van der Waals surface area contributed by atoms with Crippen molar-refractivity contribution in [1.82, 2.24) is 4.98 Å². The number of rotatable bonds is 3. The van der Waals surface area contributed by atoms with Crippen LogP contribution in [0.3, 0.4) is 0 Å². The van der Waals surface area contributed by atoms with Gasteiger partial charge in [-0.15, -0.1) is 0 Å². The number of furan rings is 1. The van der Waals surface area contributed by atoms with Crippen molar-refractivity contribution >= 4 is 16.9 Å². The number of oxazole rings is 1. The van der Waals surface area contributed by atoms with Gasteiger partial charge in [0.1, 0.15) is 11.3 Å². The molecular formula is C15H13NO3. The molecule has 4 nitrogen and oxygen atoms in total. The molecule has 2 heterocycles. The van der Waals surface area contributed by atoms with Crippen LogP contribution in [-0.4, -0.2) is 10.8 Å². The molecule has 3 rings (SSSR count). The summed E-state index contributed by atoms with van der Waals surface area (Å²) in [5.41, 5.74) is 2.69. The van der Waals surface area contributed by atoms with Gasteiger partial charge in [0.05, 0.1) is 0 Å². The Hall–Kier alpha value is -2.36. The first-order valence-electron chi connectivity index (χ1n) is 6.07. The third-order valence-electron chi connectivity index (χ3n) is 2.95. The first-order valence-corrected chi connectivity index (χ1v) is 6.07. The number of Topliss-reactive ketones (excluding diaryl/α,β-unsaturated/α-hetero) is 1. The number of aromatic nitrogens is 1. The Kier molecular flexibility index (Phi) is 2.71. The smallest absolute Gasteiger partial charge is 0.194 e. The predicted molar refractivity (Wildman–Crippen MR) is 70.3 cm³/mol. The van der Waals surface area contributed by atoms with Crippen LogP contribution in [0.15, 0.2) is 39.2 Å². The van der Waals surface area contributed by atoms with E-state index in [1.54, 1.807) is 6.07 Å². The zero-order valence-corrected chi connectivity index (χ0v) is 10.8. The number of hydrogen-bond donors (Lipinski definition) is 0. The van der Waals surface area contributed by atoms with Gasteiger partial charge >= 0.3 is 0 Å². The topological polar surface area (TPSA) is 56.2 Å². The number of fused-ring (bicyclic) bond motifs is 1. The maximum absolute atomic E-state index is 11.2. The largest absolute Gasteiger partial charge is 0.458 e. The summed E-state index contributed by atoms with van der Waals surface area (Å²) in [5.74, 6) is 1.75. The van der Waals surface area contributed by atoms with E-state index in [9.17, 15) is 4.79 Å². The highest BCUT2D eigenvalue weighted by molar-refractivity contribution is 5.91. The van der Waals surface area contributed by atoms with Gasteiger partial charge < -0.3 is 8.83 Å². The quantitative estimate of drug-likeness (QED) is 0.672. The van der Waals surface area contributed by atoms with E-state index in [0.29, 0.717) is 18.1 Å². The maximum atomic E-state index is 11.2. The van der Waals surface area contributed by atoms with E-state index in [2.05, 4.69) is 4.98 Å². The van der Waals surface area contributed by atoms with E-state index in [1.165, 1.54) is 6.92 Å². The summed E-state index contributed by atoms with van der Waals surface area (Å²) in [7, 11) is 0. The van der Waals surface area contributed by atoms with E-state index in [4.69, 9.17) is 8.83 Å². The highest BCUT2D eigenvalue weighted by Crippen LogP contribution is 2.20. The zero-order chi connectivity index (χ0) is 13.4. The van der Waals surface area contributed by atoms with Gasteiger partial charge in [0, 0.05) is 20.3 Å². The second-order valence-electron chi connectivity index (χ2n) is 4.53. The molecular weight excluding hydrogens is 242 g/mol. The SMILES string of the molecule is CC(=O)c1ccc(Cc2ccc3nc(C)oc3c2)o1. The number of carbonyl (C=O) groups excluding carboxylic acids is 1. The molecule has 0 fully saturated rings. The molecule has 19 heavy (non-hydrogen) atoms. The molecule has 0 aliphatic heterocycles. The summed E-state index contributed by atoms with van der Waals surface area (Å²) in [6.45, 7) is 3.32. The van der Waals surface area contributed by atoms with E-state index in [1.807, 2.05) is 31.2 Å². The number of benzene rings is 1. The Morgan fingerprint density at radius 3 is 2.79 bits per heavy atom. The molecule has 0 spiro atoms. The van der Waals surface area contributed by atoms with Gasteiger partial charge in [-0.25, -0.2) is 4.98 Å². The first-order chi connectivity index (χ1) is 9.11. The lowest BCUT2D eigenvalue weighted by molar-refractivity contribution is 0.0985. The number of hydrogen-bond acceptors (Lipinski definition) is 4. The highest BCUT2D eigenvalue weighted by atomic mass is 16.4. The zero-order valence-electron chi connectivity index (χ0n) is 10.8. The van der Waals surface area contributed by atoms with Gasteiger partial charge in [-0.1, -0.05) is 6.07 Å². The van der Waals surface area contributed by atoms with Gasteiger partial charge in [-0.05, 0) is 29.8 Å². The Balaban J connectivity index is 1.89. The maximum Gasteiger partial charge on any atom is 0.194 e.